The number of amides is 2. The zero-order valence-corrected chi connectivity index (χ0v) is 13.5. The molecular formula is C16H15F3N4O3. The van der Waals surface area contributed by atoms with Gasteiger partial charge in [-0.25, -0.2) is 0 Å². The zero-order valence-electron chi connectivity index (χ0n) is 13.5. The molecule has 1 fully saturated rings. The van der Waals surface area contributed by atoms with Crippen molar-refractivity contribution >= 4 is 11.8 Å². The van der Waals surface area contributed by atoms with Gasteiger partial charge in [-0.3, -0.25) is 9.59 Å². The van der Waals surface area contributed by atoms with Crippen molar-refractivity contribution in [3.05, 3.63) is 36.2 Å². The van der Waals surface area contributed by atoms with E-state index in [1.807, 2.05) is 6.07 Å². The minimum absolute atomic E-state index is 0.102. The second-order valence-electron chi connectivity index (χ2n) is 5.75. The van der Waals surface area contributed by atoms with E-state index in [9.17, 15) is 22.8 Å². The lowest BCUT2D eigenvalue weighted by Gasteiger charge is -2.24. The fourth-order valence-electron chi connectivity index (χ4n) is 2.76. The predicted octanol–water partition coefficient (Wildman–Crippen LogP) is 1.91. The molecular weight excluding hydrogens is 353 g/mol. The van der Waals surface area contributed by atoms with Crippen molar-refractivity contribution in [3.8, 4) is 11.4 Å². The number of nitrogens with zero attached hydrogens (tertiary/aromatic N) is 3. The number of hydrogen-bond donors (Lipinski definition) is 1. The van der Waals surface area contributed by atoms with Gasteiger partial charge in [-0.05, 0) is 12.8 Å². The Hall–Kier alpha value is -2.91. The van der Waals surface area contributed by atoms with Crippen LogP contribution in [-0.4, -0.2) is 45.6 Å². The van der Waals surface area contributed by atoms with Gasteiger partial charge >= 0.3 is 12.1 Å². The number of alkyl halides is 3. The van der Waals surface area contributed by atoms with Crippen molar-refractivity contribution < 1.29 is 27.3 Å². The third-order valence-electron chi connectivity index (χ3n) is 3.97. The summed E-state index contributed by atoms with van der Waals surface area (Å²) in [6.07, 6.45) is -4.49. The first-order chi connectivity index (χ1) is 12.4. The molecule has 2 heterocycles. The van der Waals surface area contributed by atoms with E-state index < -0.39 is 24.0 Å². The van der Waals surface area contributed by atoms with Crippen molar-refractivity contribution in [3.63, 3.8) is 0 Å². The maximum absolute atomic E-state index is 12.6. The number of carbonyl (C=O) groups excluding carboxylic acids is 2. The molecule has 3 rings (SSSR count). The van der Waals surface area contributed by atoms with Crippen LogP contribution in [0.2, 0.25) is 0 Å². The first kappa shape index (κ1) is 17.9. The Kier molecular flexibility index (Phi) is 4.92. The number of hydrogen-bond acceptors (Lipinski definition) is 5. The summed E-state index contributed by atoms with van der Waals surface area (Å²) in [6, 6.07) is 7.86. The summed E-state index contributed by atoms with van der Waals surface area (Å²) >= 11 is 0. The molecule has 1 saturated heterocycles. The first-order valence-corrected chi connectivity index (χ1v) is 7.90. The Bertz CT molecular complexity index is 792. The van der Waals surface area contributed by atoms with Gasteiger partial charge in [0.2, 0.25) is 17.6 Å². The fraction of sp³-hybridized carbons (Fsp3) is 0.375. The Morgan fingerprint density at radius 2 is 2.00 bits per heavy atom. The van der Waals surface area contributed by atoms with E-state index in [4.69, 9.17) is 4.52 Å². The van der Waals surface area contributed by atoms with Crippen LogP contribution in [0.3, 0.4) is 0 Å². The van der Waals surface area contributed by atoms with Crippen molar-refractivity contribution in [2.75, 3.05) is 6.54 Å². The largest absolute Gasteiger partial charge is 0.471 e. The van der Waals surface area contributed by atoms with Crippen LogP contribution >= 0.6 is 0 Å². The van der Waals surface area contributed by atoms with E-state index in [2.05, 4.69) is 15.5 Å². The van der Waals surface area contributed by atoms with Crippen LogP contribution in [0.1, 0.15) is 18.7 Å². The molecule has 26 heavy (non-hydrogen) atoms. The molecule has 0 aliphatic carbocycles. The minimum atomic E-state index is -5.00. The summed E-state index contributed by atoms with van der Waals surface area (Å²) < 4.78 is 42.8. The highest BCUT2D eigenvalue weighted by atomic mass is 19.4. The number of rotatable bonds is 4. The maximum atomic E-state index is 12.6. The molecule has 1 aliphatic heterocycles. The van der Waals surface area contributed by atoms with Gasteiger partial charge in [-0.1, -0.05) is 35.5 Å². The second-order valence-corrected chi connectivity index (χ2v) is 5.75. The molecule has 1 N–H and O–H groups in total. The molecule has 2 aromatic rings. The first-order valence-electron chi connectivity index (χ1n) is 7.90. The number of halogens is 3. The van der Waals surface area contributed by atoms with Crippen LogP contribution in [0.5, 0.6) is 0 Å². The molecule has 1 aliphatic rings. The lowest BCUT2D eigenvalue weighted by atomic mass is 10.2. The lowest BCUT2D eigenvalue weighted by Crippen LogP contribution is -2.50. The number of benzene rings is 1. The van der Waals surface area contributed by atoms with E-state index in [1.54, 1.807) is 24.3 Å². The number of nitrogens with one attached hydrogen (secondary N) is 1. The highest BCUT2D eigenvalue weighted by Crippen LogP contribution is 2.25. The van der Waals surface area contributed by atoms with Crippen molar-refractivity contribution in [1.82, 2.24) is 20.4 Å². The van der Waals surface area contributed by atoms with Gasteiger partial charge in [0, 0.05) is 12.1 Å². The molecule has 7 nitrogen and oxygen atoms in total. The monoisotopic (exact) mass is 368 g/mol. The van der Waals surface area contributed by atoms with Crippen molar-refractivity contribution in [2.24, 2.45) is 0 Å². The van der Waals surface area contributed by atoms with Gasteiger partial charge in [0.05, 0.1) is 6.54 Å². The van der Waals surface area contributed by atoms with Crippen molar-refractivity contribution in [2.45, 2.75) is 31.6 Å². The van der Waals surface area contributed by atoms with Crippen LogP contribution in [-0.2, 0) is 16.1 Å². The Labute approximate surface area is 146 Å². The van der Waals surface area contributed by atoms with Crippen LogP contribution in [0.4, 0.5) is 13.2 Å². The van der Waals surface area contributed by atoms with Crippen LogP contribution in [0, 0.1) is 0 Å². The molecule has 0 radical (unpaired) electrons. The highest BCUT2D eigenvalue weighted by Gasteiger charge is 2.47. The van der Waals surface area contributed by atoms with E-state index in [0.29, 0.717) is 17.1 Å². The zero-order chi connectivity index (χ0) is 18.7. The van der Waals surface area contributed by atoms with Gasteiger partial charge in [-0.2, -0.15) is 18.2 Å². The van der Waals surface area contributed by atoms with E-state index >= 15 is 0 Å². The average molecular weight is 368 g/mol. The summed E-state index contributed by atoms with van der Waals surface area (Å²) in [4.78, 5) is 28.2. The molecule has 1 unspecified atom stereocenters. The molecule has 10 heteroatoms. The molecule has 1 aromatic heterocycles. The summed E-state index contributed by atoms with van der Waals surface area (Å²) in [5.74, 6) is -2.23. The van der Waals surface area contributed by atoms with Crippen LogP contribution in [0.15, 0.2) is 34.9 Å². The maximum Gasteiger partial charge on any atom is 0.471 e. The molecule has 0 bridgehead atoms. The Balaban J connectivity index is 1.60. The SMILES string of the molecule is O=C(NCc1nc(-c2ccccc2)no1)C1CCCN1C(=O)C(F)(F)F. The van der Waals surface area contributed by atoms with Crippen molar-refractivity contribution in [1.29, 1.82) is 0 Å². The van der Waals surface area contributed by atoms with E-state index in [1.165, 1.54) is 0 Å². The summed E-state index contributed by atoms with van der Waals surface area (Å²) in [5.41, 5.74) is 0.728. The second kappa shape index (κ2) is 7.14. The average Bonchev–Trinajstić information content (AvgIpc) is 3.28. The van der Waals surface area contributed by atoms with Gasteiger partial charge in [0.25, 0.3) is 0 Å². The molecule has 0 saturated carbocycles. The quantitative estimate of drug-likeness (QED) is 0.891. The number of carbonyl (C=O) groups is 2. The van der Waals surface area contributed by atoms with Gasteiger partial charge in [-0.15, -0.1) is 0 Å². The third kappa shape index (κ3) is 3.84. The predicted molar refractivity (Wildman–Crippen MR) is 82.4 cm³/mol. The van der Waals surface area contributed by atoms with Gasteiger partial charge in [0.15, 0.2) is 0 Å². The fourth-order valence-corrected chi connectivity index (χ4v) is 2.76. The van der Waals surface area contributed by atoms with E-state index in [-0.39, 0.29) is 25.4 Å². The molecule has 2 amide bonds. The minimum Gasteiger partial charge on any atom is -0.345 e. The summed E-state index contributed by atoms with van der Waals surface area (Å²) in [7, 11) is 0. The lowest BCUT2D eigenvalue weighted by molar-refractivity contribution is -0.186. The molecule has 1 atom stereocenters. The topological polar surface area (TPSA) is 88.3 Å². The summed E-state index contributed by atoms with van der Waals surface area (Å²) in [5, 5.41) is 6.23. The number of likely N-dealkylation sites (tertiary alicyclic amines) is 1. The third-order valence-corrected chi connectivity index (χ3v) is 3.97. The van der Waals surface area contributed by atoms with Crippen LogP contribution < -0.4 is 5.32 Å². The molecule has 0 spiro atoms. The van der Waals surface area contributed by atoms with Gasteiger partial charge < -0.3 is 14.7 Å². The normalized spacial score (nSPS) is 17.3. The summed E-state index contributed by atoms with van der Waals surface area (Å²) in [6.45, 7) is -0.238. The van der Waals surface area contributed by atoms with Crippen LogP contribution in [0.25, 0.3) is 11.4 Å². The smallest absolute Gasteiger partial charge is 0.345 e. The Morgan fingerprint density at radius 1 is 1.27 bits per heavy atom. The van der Waals surface area contributed by atoms with E-state index in [0.717, 1.165) is 5.56 Å². The Morgan fingerprint density at radius 3 is 2.69 bits per heavy atom. The molecule has 138 valence electrons. The standard InChI is InChI=1S/C16H15F3N4O3/c17-16(18,19)15(25)23-8-4-7-11(23)14(24)20-9-12-21-13(22-26-12)10-5-2-1-3-6-10/h1-3,5-6,11H,4,7-9H2,(H,20,24). The van der Waals surface area contributed by atoms with Gasteiger partial charge in [0.1, 0.15) is 6.04 Å². The number of aromatic nitrogens is 2. The molecule has 1 aromatic carbocycles. The highest BCUT2D eigenvalue weighted by molar-refractivity contribution is 5.90.